The van der Waals surface area contributed by atoms with Gasteiger partial charge in [0.05, 0.1) is 6.20 Å². The van der Waals surface area contributed by atoms with Crippen LogP contribution >= 0.6 is 0 Å². The molecule has 0 radical (unpaired) electrons. The first-order valence-corrected chi connectivity index (χ1v) is 5.06. The number of aryl methyl sites for hydroxylation is 1. The van der Waals surface area contributed by atoms with Crippen LogP contribution in [-0.2, 0) is 0 Å². The third-order valence-electron chi connectivity index (χ3n) is 2.50. The summed E-state index contributed by atoms with van der Waals surface area (Å²) in [6.07, 6.45) is 7.31. The maximum Gasteiger partial charge on any atom is 0.162 e. The van der Waals surface area contributed by atoms with Gasteiger partial charge < -0.3 is 0 Å². The summed E-state index contributed by atoms with van der Waals surface area (Å²) in [5.74, 6) is 0. The van der Waals surface area contributed by atoms with Gasteiger partial charge in [0.2, 0.25) is 0 Å². The van der Waals surface area contributed by atoms with E-state index in [1.807, 2.05) is 43.7 Å². The topological polar surface area (TPSA) is 43.1 Å². The zero-order valence-electron chi connectivity index (χ0n) is 8.83. The van der Waals surface area contributed by atoms with Gasteiger partial charge in [-0.05, 0) is 19.1 Å². The molecule has 0 aromatic carbocycles. The van der Waals surface area contributed by atoms with Crippen LogP contribution in [0.15, 0.2) is 43.0 Å². The fourth-order valence-corrected chi connectivity index (χ4v) is 1.66. The van der Waals surface area contributed by atoms with Crippen LogP contribution < -0.4 is 0 Å². The molecule has 3 heterocycles. The van der Waals surface area contributed by atoms with E-state index in [4.69, 9.17) is 0 Å². The van der Waals surface area contributed by atoms with Crippen molar-refractivity contribution in [1.29, 1.82) is 0 Å². The van der Waals surface area contributed by atoms with Crippen LogP contribution in [0.25, 0.3) is 16.8 Å². The first-order valence-electron chi connectivity index (χ1n) is 5.06. The molecule has 0 aliphatic rings. The molecule has 3 aromatic rings. The number of hydrogen-bond donors (Lipinski definition) is 0. The van der Waals surface area contributed by atoms with Crippen molar-refractivity contribution in [2.24, 2.45) is 0 Å². The van der Waals surface area contributed by atoms with Crippen molar-refractivity contribution in [2.75, 3.05) is 0 Å². The molecular weight excluding hydrogens is 200 g/mol. The first-order chi connectivity index (χ1) is 7.84. The first kappa shape index (κ1) is 9.03. The second-order valence-corrected chi connectivity index (χ2v) is 3.63. The Bertz CT molecular complexity index is 625. The fourth-order valence-electron chi connectivity index (χ4n) is 1.66. The van der Waals surface area contributed by atoms with E-state index in [2.05, 4.69) is 15.1 Å². The van der Waals surface area contributed by atoms with Crippen LogP contribution in [0.1, 0.15) is 5.69 Å². The van der Waals surface area contributed by atoms with Crippen molar-refractivity contribution in [3.8, 4) is 11.1 Å². The Morgan fingerprint density at radius 1 is 1.12 bits per heavy atom. The number of hydrogen-bond acceptors (Lipinski definition) is 3. The number of pyridine rings is 1. The smallest absolute Gasteiger partial charge is 0.162 e. The average Bonchev–Trinajstić information content (AvgIpc) is 2.74. The van der Waals surface area contributed by atoms with Crippen LogP contribution in [0.4, 0.5) is 0 Å². The maximum atomic E-state index is 4.31. The van der Waals surface area contributed by atoms with Crippen LogP contribution in [0.2, 0.25) is 0 Å². The number of nitrogens with zero attached hydrogens (tertiary/aromatic N) is 4. The predicted octanol–water partition coefficient (Wildman–Crippen LogP) is 2.10. The highest BCUT2D eigenvalue weighted by molar-refractivity contribution is 5.76. The van der Waals surface area contributed by atoms with Crippen molar-refractivity contribution >= 4 is 5.65 Å². The summed E-state index contributed by atoms with van der Waals surface area (Å²) in [6, 6.07) is 5.88. The summed E-state index contributed by atoms with van der Waals surface area (Å²) in [4.78, 5) is 8.59. The lowest BCUT2D eigenvalue weighted by atomic mass is 10.1. The molecule has 78 valence electrons. The molecule has 0 atom stereocenters. The molecule has 0 bridgehead atoms. The summed E-state index contributed by atoms with van der Waals surface area (Å²) in [5.41, 5.74) is 3.91. The van der Waals surface area contributed by atoms with E-state index in [1.165, 1.54) is 0 Å². The van der Waals surface area contributed by atoms with Gasteiger partial charge in [-0.3, -0.25) is 4.98 Å². The zero-order chi connectivity index (χ0) is 11.0. The van der Waals surface area contributed by atoms with Crippen LogP contribution in [0, 0.1) is 6.92 Å². The number of aromatic nitrogens is 4. The normalized spacial score (nSPS) is 10.8. The molecule has 3 aromatic heterocycles. The molecular formula is C12H10N4. The van der Waals surface area contributed by atoms with Crippen molar-refractivity contribution in [3.05, 3.63) is 48.7 Å². The Kier molecular flexibility index (Phi) is 1.93. The van der Waals surface area contributed by atoms with Gasteiger partial charge >= 0.3 is 0 Å². The van der Waals surface area contributed by atoms with Crippen molar-refractivity contribution in [1.82, 2.24) is 19.6 Å². The Hall–Kier alpha value is -2.23. The highest BCUT2D eigenvalue weighted by atomic mass is 15.2. The van der Waals surface area contributed by atoms with E-state index in [9.17, 15) is 0 Å². The minimum atomic E-state index is 0.855. The number of fused-ring (bicyclic) bond motifs is 1. The predicted molar refractivity (Wildman–Crippen MR) is 61.0 cm³/mol. The molecule has 0 saturated heterocycles. The zero-order valence-corrected chi connectivity index (χ0v) is 8.83. The van der Waals surface area contributed by atoms with Gasteiger partial charge in [0.15, 0.2) is 5.65 Å². The summed E-state index contributed by atoms with van der Waals surface area (Å²) < 4.78 is 1.76. The monoisotopic (exact) mass is 210 g/mol. The van der Waals surface area contributed by atoms with E-state index in [-0.39, 0.29) is 0 Å². The molecule has 4 nitrogen and oxygen atoms in total. The van der Waals surface area contributed by atoms with Gasteiger partial charge in [-0.1, -0.05) is 6.07 Å². The Morgan fingerprint density at radius 3 is 2.88 bits per heavy atom. The number of rotatable bonds is 1. The van der Waals surface area contributed by atoms with Crippen molar-refractivity contribution in [2.45, 2.75) is 6.92 Å². The molecule has 0 fully saturated rings. The third kappa shape index (κ3) is 1.35. The highest BCUT2D eigenvalue weighted by Gasteiger charge is 2.06. The van der Waals surface area contributed by atoms with E-state index < -0.39 is 0 Å². The molecule has 0 saturated carbocycles. The summed E-state index contributed by atoms with van der Waals surface area (Å²) >= 11 is 0. The van der Waals surface area contributed by atoms with Gasteiger partial charge in [0.25, 0.3) is 0 Å². The SMILES string of the molecule is Cc1ccc(-c2cnn3cccnc23)cn1. The lowest BCUT2D eigenvalue weighted by molar-refractivity contribution is 0.939. The second kappa shape index (κ2) is 3.41. The fraction of sp³-hybridized carbons (Fsp3) is 0.0833. The molecule has 0 amide bonds. The molecule has 0 aliphatic heterocycles. The van der Waals surface area contributed by atoms with Gasteiger partial charge in [-0.2, -0.15) is 5.10 Å². The molecule has 0 aliphatic carbocycles. The van der Waals surface area contributed by atoms with Crippen LogP contribution in [0.5, 0.6) is 0 Å². The average molecular weight is 210 g/mol. The Morgan fingerprint density at radius 2 is 2.06 bits per heavy atom. The molecule has 0 unspecified atom stereocenters. The van der Waals surface area contributed by atoms with Crippen LogP contribution in [0.3, 0.4) is 0 Å². The maximum absolute atomic E-state index is 4.31. The van der Waals surface area contributed by atoms with E-state index in [0.29, 0.717) is 0 Å². The van der Waals surface area contributed by atoms with Crippen molar-refractivity contribution < 1.29 is 0 Å². The largest absolute Gasteiger partial charge is 0.261 e. The lowest BCUT2D eigenvalue weighted by Crippen LogP contribution is -1.88. The van der Waals surface area contributed by atoms with Crippen LogP contribution in [-0.4, -0.2) is 19.6 Å². The van der Waals surface area contributed by atoms with Crippen molar-refractivity contribution in [3.63, 3.8) is 0 Å². The third-order valence-corrected chi connectivity index (χ3v) is 2.50. The Labute approximate surface area is 92.6 Å². The summed E-state index contributed by atoms with van der Waals surface area (Å²) in [7, 11) is 0. The quantitative estimate of drug-likeness (QED) is 0.617. The second-order valence-electron chi connectivity index (χ2n) is 3.63. The summed E-state index contributed by atoms with van der Waals surface area (Å²) in [5, 5.41) is 4.24. The van der Waals surface area contributed by atoms with Gasteiger partial charge in [-0.15, -0.1) is 0 Å². The van der Waals surface area contributed by atoms with Gasteiger partial charge in [0.1, 0.15) is 0 Å². The van der Waals surface area contributed by atoms with Gasteiger partial charge in [0, 0.05) is 35.4 Å². The minimum Gasteiger partial charge on any atom is -0.261 e. The van der Waals surface area contributed by atoms with E-state index in [0.717, 1.165) is 22.5 Å². The molecule has 16 heavy (non-hydrogen) atoms. The molecule has 0 spiro atoms. The minimum absolute atomic E-state index is 0.855. The van der Waals surface area contributed by atoms with Gasteiger partial charge in [-0.25, -0.2) is 9.50 Å². The highest BCUT2D eigenvalue weighted by Crippen LogP contribution is 2.21. The summed E-state index contributed by atoms with van der Waals surface area (Å²) in [6.45, 7) is 1.97. The molecule has 3 rings (SSSR count). The molecule has 4 heteroatoms. The van der Waals surface area contributed by atoms with E-state index >= 15 is 0 Å². The Balaban J connectivity index is 2.22. The van der Waals surface area contributed by atoms with E-state index in [1.54, 1.807) is 10.7 Å². The lowest BCUT2D eigenvalue weighted by Gasteiger charge is -1.98. The standard InChI is InChI=1S/C12H10N4/c1-9-3-4-10(7-14-9)11-8-15-16-6-2-5-13-12(11)16/h2-8H,1H3. The molecule has 0 N–H and O–H groups in total.